The van der Waals surface area contributed by atoms with Gasteiger partial charge >= 0.3 is 5.97 Å². The summed E-state index contributed by atoms with van der Waals surface area (Å²) in [6.45, 7) is 5.90. The fourth-order valence-electron chi connectivity index (χ4n) is 2.92. The van der Waals surface area contributed by atoms with Crippen molar-refractivity contribution in [2.75, 3.05) is 0 Å². The topological polar surface area (TPSA) is 82.3 Å². The first-order valence-electron chi connectivity index (χ1n) is 8.08. The zero-order valence-electron chi connectivity index (χ0n) is 13.8. The Hall–Kier alpha value is -2.11. The van der Waals surface area contributed by atoms with E-state index in [2.05, 4.69) is 19.2 Å². The van der Waals surface area contributed by atoms with E-state index in [4.69, 9.17) is 4.74 Å². The minimum Gasteiger partial charge on any atom is -0.619 e. The number of aromatic nitrogens is 1. The molecule has 0 saturated heterocycles. The van der Waals surface area contributed by atoms with Gasteiger partial charge in [0.25, 0.3) is 5.91 Å². The Balaban J connectivity index is 1.89. The average Bonchev–Trinajstić information content (AvgIpc) is 2.52. The van der Waals surface area contributed by atoms with Crippen molar-refractivity contribution in [3.05, 3.63) is 35.3 Å². The second-order valence-corrected chi connectivity index (χ2v) is 6.38. The molecule has 6 heteroatoms. The third-order valence-corrected chi connectivity index (χ3v) is 4.73. The standard InChI is InChI=1S/C17H24N2O4/c1-11-5-4-6-15(12(11)2)18-16(20)13(3)23-17(21)14-7-9-19(22)10-8-14/h7-13,15H,4-6H2,1-3H3,(H,18,20)/t11-,12-,13+,15-/m1/s1. The van der Waals surface area contributed by atoms with Gasteiger partial charge in [-0.15, -0.1) is 0 Å². The molecule has 4 atom stereocenters. The monoisotopic (exact) mass is 320 g/mol. The Morgan fingerprint density at radius 3 is 2.61 bits per heavy atom. The van der Waals surface area contributed by atoms with Crippen LogP contribution in [0.5, 0.6) is 0 Å². The minimum atomic E-state index is -0.869. The van der Waals surface area contributed by atoms with Crippen LogP contribution in [0.15, 0.2) is 24.5 Å². The van der Waals surface area contributed by atoms with Crippen LogP contribution in [0, 0.1) is 17.0 Å². The fraction of sp³-hybridized carbons (Fsp3) is 0.588. The Bertz CT molecular complexity index is 558. The van der Waals surface area contributed by atoms with Crippen LogP contribution in [0.4, 0.5) is 0 Å². The van der Waals surface area contributed by atoms with Gasteiger partial charge in [-0.25, -0.2) is 4.79 Å². The summed E-state index contributed by atoms with van der Waals surface area (Å²) in [5, 5.41) is 13.9. The molecule has 0 bridgehead atoms. The van der Waals surface area contributed by atoms with E-state index < -0.39 is 12.1 Å². The van der Waals surface area contributed by atoms with E-state index in [1.807, 2.05) is 0 Å². The van der Waals surface area contributed by atoms with Gasteiger partial charge in [0, 0.05) is 18.2 Å². The highest BCUT2D eigenvalue weighted by Gasteiger charge is 2.30. The molecule has 126 valence electrons. The molecule has 1 saturated carbocycles. The number of amides is 1. The molecular weight excluding hydrogens is 296 g/mol. The minimum absolute atomic E-state index is 0.128. The lowest BCUT2D eigenvalue weighted by Crippen LogP contribution is -2.47. The van der Waals surface area contributed by atoms with E-state index >= 15 is 0 Å². The number of nitrogens with zero attached hydrogens (tertiary/aromatic N) is 1. The summed E-state index contributed by atoms with van der Waals surface area (Å²) >= 11 is 0. The highest BCUT2D eigenvalue weighted by atomic mass is 16.5. The molecule has 1 aromatic rings. The molecule has 0 unspecified atom stereocenters. The first-order chi connectivity index (χ1) is 10.9. The van der Waals surface area contributed by atoms with Crippen molar-refractivity contribution in [2.24, 2.45) is 11.8 Å². The predicted molar refractivity (Wildman–Crippen MR) is 84.4 cm³/mol. The van der Waals surface area contributed by atoms with Crippen LogP contribution in [0.3, 0.4) is 0 Å². The molecule has 1 heterocycles. The lowest BCUT2D eigenvalue weighted by atomic mass is 9.78. The largest absolute Gasteiger partial charge is 0.619 e. The summed E-state index contributed by atoms with van der Waals surface area (Å²) in [6.07, 6.45) is 4.81. The van der Waals surface area contributed by atoms with Gasteiger partial charge in [-0.1, -0.05) is 26.7 Å². The maximum atomic E-state index is 12.2. The second-order valence-electron chi connectivity index (χ2n) is 6.38. The molecule has 0 aromatic carbocycles. The van der Waals surface area contributed by atoms with E-state index in [9.17, 15) is 14.8 Å². The van der Waals surface area contributed by atoms with Crippen molar-refractivity contribution in [3.8, 4) is 0 Å². The Morgan fingerprint density at radius 2 is 1.96 bits per heavy atom. The Morgan fingerprint density at radius 1 is 1.30 bits per heavy atom. The molecule has 6 nitrogen and oxygen atoms in total. The fourth-order valence-corrected chi connectivity index (χ4v) is 2.92. The van der Waals surface area contributed by atoms with E-state index in [0.717, 1.165) is 12.8 Å². The van der Waals surface area contributed by atoms with Gasteiger partial charge < -0.3 is 15.3 Å². The zero-order valence-corrected chi connectivity index (χ0v) is 13.8. The summed E-state index contributed by atoms with van der Waals surface area (Å²) in [4.78, 5) is 24.2. The summed E-state index contributed by atoms with van der Waals surface area (Å²) in [6, 6.07) is 2.86. The van der Waals surface area contributed by atoms with Crippen molar-refractivity contribution < 1.29 is 19.1 Å². The van der Waals surface area contributed by atoms with Crippen LogP contribution in [-0.4, -0.2) is 24.0 Å². The number of carbonyl (C=O) groups excluding carboxylic acids is 2. The molecule has 1 N–H and O–H groups in total. The molecule has 23 heavy (non-hydrogen) atoms. The molecule has 0 radical (unpaired) electrons. The first-order valence-corrected chi connectivity index (χ1v) is 8.08. The molecule has 0 aliphatic heterocycles. The zero-order chi connectivity index (χ0) is 17.0. The van der Waals surface area contributed by atoms with Gasteiger partial charge in [0.15, 0.2) is 18.5 Å². The van der Waals surface area contributed by atoms with E-state index in [0.29, 0.717) is 16.6 Å². The summed E-state index contributed by atoms with van der Waals surface area (Å²) < 4.78 is 5.76. The Kier molecular flexibility index (Phi) is 5.58. The summed E-state index contributed by atoms with van der Waals surface area (Å²) in [5.74, 6) is 0.102. The van der Waals surface area contributed by atoms with E-state index in [1.165, 1.54) is 30.9 Å². The SMILES string of the molecule is C[C@@H]1[C@H](C)CCC[C@H]1NC(=O)[C@H](C)OC(=O)c1cc[n+]([O-])cc1. The van der Waals surface area contributed by atoms with Crippen LogP contribution >= 0.6 is 0 Å². The number of carbonyl (C=O) groups is 2. The van der Waals surface area contributed by atoms with Crippen molar-refractivity contribution >= 4 is 11.9 Å². The molecule has 1 aliphatic carbocycles. The summed E-state index contributed by atoms with van der Waals surface area (Å²) in [7, 11) is 0. The van der Waals surface area contributed by atoms with E-state index in [-0.39, 0.29) is 17.5 Å². The van der Waals surface area contributed by atoms with Gasteiger partial charge in [-0.2, -0.15) is 4.73 Å². The molecule has 1 aromatic heterocycles. The molecule has 1 aliphatic rings. The number of pyridine rings is 1. The number of esters is 1. The van der Waals surface area contributed by atoms with Gasteiger partial charge in [-0.3, -0.25) is 4.79 Å². The van der Waals surface area contributed by atoms with Crippen molar-refractivity contribution in [2.45, 2.75) is 52.2 Å². The van der Waals surface area contributed by atoms with Crippen molar-refractivity contribution in [1.29, 1.82) is 0 Å². The lowest BCUT2D eigenvalue weighted by Gasteiger charge is -2.35. The predicted octanol–water partition coefficient (Wildman–Crippen LogP) is 1.81. The third kappa shape index (κ3) is 4.43. The van der Waals surface area contributed by atoms with E-state index in [1.54, 1.807) is 6.92 Å². The highest BCUT2D eigenvalue weighted by molar-refractivity contribution is 5.92. The normalized spacial score (nSPS) is 25.4. The van der Waals surface area contributed by atoms with Crippen LogP contribution in [0.2, 0.25) is 0 Å². The molecule has 2 rings (SSSR count). The maximum absolute atomic E-state index is 12.2. The Labute approximate surface area is 136 Å². The average molecular weight is 320 g/mol. The van der Waals surface area contributed by atoms with Gasteiger partial charge in [0.1, 0.15) is 0 Å². The van der Waals surface area contributed by atoms with Gasteiger partial charge in [0.05, 0.1) is 5.56 Å². The maximum Gasteiger partial charge on any atom is 0.339 e. The molecular formula is C17H24N2O4. The van der Waals surface area contributed by atoms with Crippen LogP contribution in [-0.2, 0) is 9.53 Å². The van der Waals surface area contributed by atoms with Gasteiger partial charge in [0.2, 0.25) is 0 Å². The number of hydrogen-bond donors (Lipinski definition) is 1. The molecule has 1 amide bonds. The van der Waals surface area contributed by atoms with Crippen LogP contribution in [0.1, 0.15) is 50.4 Å². The van der Waals surface area contributed by atoms with Crippen LogP contribution < -0.4 is 10.0 Å². The number of nitrogens with one attached hydrogen (secondary N) is 1. The van der Waals surface area contributed by atoms with Crippen molar-refractivity contribution in [3.63, 3.8) is 0 Å². The lowest BCUT2D eigenvalue weighted by molar-refractivity contribution is -0.605. The number of hydrogen-bond acceptors (Lipinski definition) is 4. The number of rotatable bonds is 4. The quantitative estimate of drug-likeness (QED) is 0.521. The van der Waals surface area contributed by atoms with Crippen LogP contribution in [0.25, 0.3) is 0 Å². The second kappa shape index (κ2) is 7.44. The summed E-state index contributed by atoms with van der Waals surface area (Å²) in [5.41, 5.74) is 0.247. The molecule has 0 spiro atoms. The van der Waals surface area contributed by atoms with Crippen molar-refractivity contribution in [1.82, 2.24) is 5.32 Å². The molecule has 1 fully saturated rings. The first kappa shape index (κ1) is 17.2. The smallest absolute Gasteiger partial charge is 0.339 e. The highest BCUT2D eigenvalue weighted by Crippen LogP contribution is 2.29. The van der Waals surface area contributed by atoms with Gasteiger partial charge in [-0.05, 0) is 25.2 Å². The third-order valence-electron chi connectivity index (χ3n) is 4.73. The number of ether oxygens (including phenoxy) is 1.